The van der Waals surface area contributed by atoms with E-state index >= 15 is 0 Å². The van der Waals surface area contributed by atoms with E-state index in [-0.39, 0.29) is 0 Å². The van der Waals surface area contributed by atoms with E-state index in [1.165, 1.54) is 37.1 Å². The number of nitrogens with one attached hydrogen (secondary N) is 2. The summed E-state index contributed by atoms with van der Waals surface area (Å²) in [6.07, 6.45) is 2.58. The van der Waals surface area contributed by atoms with Crippen molar-refractivity contribution in [3.05, 3.63) is 71.8 Å². The Balaban J connectivity index is 1.67. The SMILES string of the molecule is c1ccc(C(NCCC2CCNC2)c2ccccc2)cc1. The highest BCUT2D eigenvalue weighted by Gasteiger charge is 2.16. The molecule has 1 aliphatic heterocycles. The van der Waals surface area contributed by atoms with E-state index in [4.69, 9.17) is 0 Å². The highest BCUT2D eigenvalue weighted by Crippen LogP contribution is 2.22. The molecule has 0 aliphatic carbocycles. The van der Waals surface area contributed by atoms with E-state index in [9.17, 15) is 0 Å². The minimum Gasteiger partial charge on any atom is -0.316 e. The highest BCUT2D eigenvalue weighted by molar-refractivity contribution is 5.31. The predicted octanol–water partition coefficient (Wildman–Crippen LogP) is 3.37. The van der Waals surface area contributed by atoms with Gasteiger partial charge < -0.3 is 10.6 Å². The maximum Gasteiger partial charge on any atom is 0.0576 e. The zero-order valence-corrected chi connectivity index (χ0v) is 12.5. The Hall–Kier alpha value is -1.64. The van der Waals surface area contributed by atoms with Crippen LogP contribution in [-0.4, -0.2) is 19.6 Å². The first-order valence-corrected chi connectivity index (χ1v) is 7.97. The van der Waals surface area contributed by atoms with Crippen molar-refractivity contribution in [2.24, 2.45) is 5.92 Å². The van der Waals surface area contributed by atoms with E-state index < -0.39 is 0 Å². The van der Waals surface area contributed by atoms with Gasteiger partial charge in [0, 0.05) is 0 Å². The monoisotopic (exact) mass is 280 g/mol. The Morgan fingerprint density at radius 3 is 2.10 bits per heavy atom. The van der Waals surface area contributed by atoms with Crippen LogP contribution in [0.4, 0.5) is 0 Å². The van der Waals surface area contributed by atoms with Crippen molar-refractivity contribution in [3.63, 3.8) is 0 Å². The van der Waals surface area contributed by atoms with Crippen molar-refractivity contribution >= 4 is 0 Å². The summed E-state index contributed by atoms with van der Waals surface area (Å²) in [5.41, 5.74) is 2.68. The fourth-order valence-corrected chi connectivity index (χ4v) is 3.11. The van der Waals surface area contributed by atoms with E-state index in [0.29, 0.717) is 6.04 Å². The van der Waals surface area contributed by atoms with Crippen molar-refractivity contribution in [2.75, 3.05) is 19.6 Å². The van der Waals surface area contributed by atoms with E-state index in [1.807, 2.05) is 0 Å². The average molecular weight is 280 g/mol. The molecule has 0 saturated carbocycles. The molecular weight excluding hydrogens is 256 g/mol. The second kappa shape index (κ2) is 7.39. The third-order valence-corrected chi connectivity index (χ3v) is 4.33. The Morgan fingerprint density at radius 2 is 1.57 bits per heavy atom. The fourth-order valence-electron chi connectivity index (χ4n) is 3.11. The van der Waals surface area contributed by atoms with Gasteiger partial charge in [-0.3, -0.25) is 0 Å². The van der Waals surface area contributed by atoms with Crippen LogP contribution in [0.2, 0.25) is 0 Å². The van der Waals surface area contributed by atoms with Crippen LogP contribution in [0.5, 0.6) is 0 Å². The van der Waals surface area contributed by atoms with E-state index in [1.54, 1.807) is 0 Å². The first kappa shape index (κ1) is 14.3. The van der Waals surface area contributed by atoms with E-state index in [0.717, 1.165) is 12.5 Å². The minimum atomic E-state index is 0.293. The van der Waals surface area contributed by atoms with Crippen LogP contribution in [0.15, 0.2) is 60.7 Å². The van der Waals surface area contributed by atoms with Crippen LogP contribution < -0.4 is 10.6 Å². The summed E-state index contributed by atoms with van der Waals surface area (Å²) < 4.78 is 0. The molecule has 0 bridgehead atoms. The quantitative estimate of drug-likeness (QED) is 0.848. The van der Waals surface area contributed by atoms with Crippen LogP contribution in [0, 0.1) is 5.92 Å². The Morgan fingerprint density at radius 1 is 0.952 bits per heavy atom. The predicted molar refractivity (Wildman–Crippen MR) is 88.3 cm³/mol. The molecule has 2 aromatic rings. The lowest BCUT2D eigenvalue weighted by Gasteiger charge is -2.21. The molecular formula is C19H24N2. The van der Waals surface area contributed by atoms with Crippen LogP contribution in [0.3, 0.4) is 0 Å². The van der Waals surface area contributed by atoms with Gasteiger partial charge in [0.1, 0.15) is 0 Å². The summed E-state index contributed by atoms with van der Waals surface area (Å²) in [6.45, 7) is 3.44. The third-order valence-electron chi connectivity index (χ3n) is 4.33. The molecule has 2 aromatic carbocycles. The minimum absolute atomic E-state index is 0.293. The first-order valence-electron chi connectivity index (χ1n) is 7.97. The smallest absolute Gasteiger partial charge is 0.0576 e. The Labute approximate surface area is 127 Å². The van der Waals surface area contributed by atoms with Crippen molar-refractivity contribution in [3.8, 4) is 0 Å². The summed E-state index contributed by atoms with van der Waals surface area (Å²) in [6, 6.07) is 21.8. The second-order valence-corrected chi connectivity index (χ2v) is 5.86. The molecule has 0 amide bonds. The maximum absolute atomic E-state index is 3.75. The third kappa shape index (κ3) is 3.93. The molecule has 21 heavy (non-hydrogen) atoms. The zero-order chi connectivity index (χ0) is 14.3. The van der Waals surface area contributed by atoms with Gasteiger partial charge in [-0.05, 0) is 49.5 Å². The van der Waals surface area contributed by atoms with Gasteiger partial charge in [-0.2, -0.15) is 0 Å². The summed E-state index contributed by atoms with van der Waals surface area (Å²) in [7, 11) is 0. The topological polar surface area (TPSA) is 24.1 Å². The molecule has 1 atom stereocenters. The largest absolute Gasteiger partial charge is 0.316 e. The summed E-state index contributed by atoms with van der Waals surface area (Å²) in [5, 5.41) is 7.20. The lowest BCUT2D eigenvalue weighted by molar-refractivity contribution is 0.481. The van der Waals surface area contributed by atoms with Crippen molar-refractivity contribution in [1.29, 1.82) is 0 Å². The van der Waals surface area contributed by atoms with Gasteiger partial charge in [-0.1, -0.05) is 60.7 Å². The van der Waals surface area contributed by atoms with Gasteiger partial charge >= 0.3 is 0 Å². The summed E-state index contributed by atoms with van der Waals surface area (Å²) in [4.78, 5) is 0. The average Bonchev–Trinajstić information content (AvgIpc) is 3.07. The van der Waals surface area contributed by atoms with Gasteiger partial charge in [0.05, 0.1) is 6.04 Å². The van der Waals surface area contributed by atoms with Gasteiger partial charge in [0.15, 0.2) is 0 Å². The molecule has 0 radical (unpaired) electrons. The first-order chi connectivity index (χ1) is 10.4. The van der Waals surface area contributed by atoms with Crippen LogP contribution in [0.1, 0.15) is 30.0 Å². The Bertz CT molecular complexity index is 478. The lowest BCUT2D eigenvalue weighted by Crippen LogP contribution is -2.25. The van der Waals surface area contributed by atoms with Crippen molar-refractivity contribution in [2.45, 2.75) is 18.9 Å². The van der Waals surface area contributed by atoms with E-state index in [2.05, 4.69) is 71.3 Å². The molecule has 3 rings (SSSR count). The van der Waals surface area contributed by atoms with Crippen molar-refractivity contribution in [1.82, 2.24) is 10.6 Å². The molecule has 110 valence electrons. The number of benzene rings is 2. The highest BCUT2D eigenvalue weighted by atomic mass is 14.9. The standard InChI is InChI=1S/C19H24N2/c1-3-7-17(8-4-1)19(18-9-5-2-6-10-18)21-14-12-16-11-13-20-15-16/h1-10,16,19-21H,11-15H2. The molecule has 2 heteroatoms. The zero-order valence-electron chi connectivity index (χ0n) is 12.5. The second-order valence-electron chi connectivity index (χ2n) is 5.86. The molecule has 1 aliphatic rings. The molecule has 1 unspecified atom stereocenters. The molecule has 1 heterocycles. The van der Waals surface area contributed by atoms with Gasteiger partial charge in [0.2, 0.25) is 0 Å². The number of hydrogen-bond acceptors (Lipinski definition) is 2. The molecule has 0 spiro atoms. The fraction of sp³-hybridized carbons (Fsp3) is 0.368. The molecule has 2 nitrogen and oxygen atoms in total. The lowest BCUT2D eigenvalue weighted by atomic mass is 9.98. The Kier molecular flexibility index (Phi) is 5.03. The number of rotatable bonds is 6. The maximum atomic E-state index is 3.75. The van der Waals surface area contributed by atoms with Crippen LogP contribution in [-0.2, 0) is 0 Å². The van der Waals surface area contributed by atoms with Crippen LogP contribution in [0.25, 0.3) is 0 Å². The molecule has 0 aromatic heterocycles. The normalized spacial score (nSPS) is 18.2. The summed E-state index contributed by atoms with van der Waals surface area (Å²) >= 11 is 0. The summed E-state index contributed by atoms with van der Waals surface area (Å²) in [5.74, 6) is 0.838. The molecule has 1 fully saturated rings. The van der Waals surface area contributed by atoms with Gasteiger partial charge in [-0.25, -0.2) is 0 Å². The molecule has 2 N–H and O–H groups in total. The van der Waals surface area contributed by atoms with Gasteiger partial charge in [-0.15, -0.1) is 0 Å². The van der Waals surface area contributed by atoms with Gasteiger partial charge in [0.25, 0.3) is 0 Å². The molecule has 1 saturated heterocycles. The number of hydrogen-bond donors (Lipinski definition) is 2. The van der Waals surface area contributed by atoms with Crippen molar-refractivity contribution < 1.29 is 0 Å². The van der Waals surface area contributed by atoms with Crippen LogP contribution >= 0.6 is 0 Å².